The molecule has 3 nitrogen and oxygen atoms in total. The van der Waals surface area contributed by atoms with Crippen LogP contribution in [0.5, 0.6) is 0 Å². The van der Waals surface area contributed by atoms with Crippen LogP contribution >= 0.6 is 8.60 Å². The average molecular weight is 236 g/mol. The van der Waals surface area contributed by atoms with Crippen LogP contribution in [0.4, 0.5) is 0 Å². The summed E-state index contributed by atoms with van der Waals surface area (Å²) in [5.41, 5.74) is 0. The van der Waals surface area contributed by atoms with Gasteiger partial charge in [0, 0.05) is 0 Å². The third-order valence-corrected chi connectivity index (χ3v) is 3.25. The predicted molar refractivity (Wildman–Crippen MR) is 64.9 cm³/mol. The van der Waals surface area contributed by atoms with Crippen molar-refractivity contribution in [3.63, 3.8) is 0 Å². The summed E-state index contributed by atoms with van der Waals surface area (Å²) in [4.78, 5) is 0. The van der Waals surface area contributed by atoms with E-state index in [1.165, 1.54) is 25.7 Å². The minimum Gasteiger partial charge on any atom is -0.313 e. The molecule has 0 unspecified atom stereocenters. The number of hydrogen-bond donors (Lipinski definition) is 0. The van der Waals surface area contributed by atoms with Crippen molar-refractivity contribution in [3.05, 3.63) is 0 Å². The van der Waals surface area contributed by atoms with Crippen LogP contribution in [-0.4, -0.2) is 19.8 Å². The molecule has 0 fully saturated rings. The van der Waals surface area contributed by atoms with Gasteiger partial charge in [-0.1, -0.05) is 32.6 Å². The molecule has 0 N–H and O–H groups in total. The van der Waals surface area contributed by atoms with E-state index in [1.54, 1.807) is 0 Å². The minimum atomic E-state index is -1.09. The molecule has 0 aliphatic rings. The van der Waals surface area contributed by atoms with Crippen LogP contribution in [0.3, 0.4) is 0 Å². The van der Waals surface area contributed by atoms with Crippen LogP contribution < -0.4 is 0 Å². The average Bonchev–Trinajstić information content (AvgIpc) is 2.24. The smallest absolute Gasteiger partial charge is 0.313 e. The Balaban J connectivity index is 3.28. The van der Waals surface area contributed by atoms with Gasteiger partial charge in [-0.25, -0.2) is 0 Å². The molecule has 0 amide bonds. The summed E-state index contributed by atoms with van der Waals surface area (Å²) in [5, 5.41) is 0. The van der Waals surface area contributed by atoms with Gasteiger partial charge in [0.1, 0.15) is 0 Å². The van der Waals surface area contributed by atoms with Gasteiger partial charge in [0.2, 0.25) is 0 Å². The third-order valence-electron chi connectivity index (χ3n) is 1.91. The highest BCUT2D eigenvalue weighted by Gasteiger charge is 2.09. The van der Waals surface area contributed by atoms with Gasteiger partial charge in [-0.3, -0.25) is 0 Å². The molecule has 0 aliphatic heterocycles. The zero-order valence-electron chi connectivity index (χ0n) is 10.3. The number of rotatable bonds is 11. The fraction of sp³-hybridized carbons (Fsp3) is 1.00. The highest BCUT2D eigenvalue weighted by atomic mass is 31.2. The predicted octanol–water partition coefficient (Wildman–Crippen LogP) is 4.27. The lowest BCUT2D eigenvalue weighted by atomic mass is 10.2. The van der Waals surface area contributed by atoms with Crippen molar-refractivity contribution in [2.45, 2.75) is 52.9 Å². The van der Waals surface area contributed by atoms with Crippen LogP contribution in [0.2, 0.25) is 0 Å². The lowest BCUT2D eigenvalue weighted by Crippen LogP contribution is -1.97. The maximum absolute atomic E-state index is 5.52. The zero-order chi connectivity index (χ0) is 11.4. The van der Waals surface area contributed by atoms with Crippen molar-refractivity contribution in [1.29, 1.82) is 0 Å². The van der Waals surface area contributed by atoms with Crippen LogP contribution in [0.15, 0.2) is 0 Å². The van der Waals surface area contributed by atoms with E-state index in [4.69, 9.17) is 13.6 Å². The molecular formula is C11H25O3P. The second-order valence-corrected chi connectivity index (χ2v) is 4.53. The Kier molecular flexibility index (Phi) is 12.6. The molecule has 92 valence electrons. The highest BCUT2D eigenvalue weighted by Crippen LogP contribution is 2.39. The van der Waals surface area contributed by atoms with Gasteiger partial charge in [-0.15, -0.1) is 0 Å². The van der Waals surface area contributed by atoms with E-state index in [-0.39, 0.29) is 0 Å². The molecule has 0 radical (unpaired) electrons. The SMILES string of the molecule is CCCCCCCOP(OCC)OCC. The Morgan fingerprint density at radius 2 is 1.33 bits per heavy atom. The molecule has 0 aromatic heterocycles. The summed E-state index contributed by atoms with van der Waals surface area (Å²) in [7, 11) is -1.09. The lowest BCUT2D eigenvalue weighted by molar-refractivity contribution is 0.168. The van der Waals surface area contributed by atoms with Gasteiger partial charge < -0.3 is 13.6 Å². The van der Waals surface area contributed by atoms with Crippen molar-refractivity contribution >= 4 is 8.60 Å². The molecule has 0 bridgehead atoms. The van der Waals surface area contributed by atoms with Gasteiger partial charge in [0.15, 0.2) is 0 Å². The van der Waals surface area contributed by atoms with Crippen LogP contribution in [-0.2, 0) is 13.6 Å². The summed E-state index contributed by atoms with van der Waals surface area (Å²) in [6.07, 6.45) is 6.27. The fourth-order valence-electron chi connectivity index (χ4n) is 1.17. The van der Waals surface area contributed by atoms with Crippen molar-refractivity contribution < 1.29 is 13.6 Å². The van der Waals surface area contributed by atoms with E-state index in [0.717, 1.165) is 13.0 Å². The van der Waals surface area contributed by atoms with Gasteiger partial charge in [-0.2, -0.15) is 0 Å². The topological polar surface area (TPSA) is 27.7 Å². The van der Waals surface area contributed by atoms with E-state index < -0.39 is 8.60 Å². The van der Waals surface area contributed by atoms with Gasteiger partial charge in [0.05, 0.1) is 19.8 Å². The zero-order valence-corrected chi connectivity index (χ0v) is 11.2. The summed E-state index contributed by atoms with van der Waals surface area (Å²) in [6.45, 7) is 8.20. The Morgan fingerprint density at radius 1 is 0.733 bits per heavy atom. The van der Waals surface area contributed by atoms with Crippen LogP contribution in [0, 0.1) is 0 Å². The van der Waals surface area contributed by atoms with E-state index in [2.05, 4.69) is 6.92 Å². The minimum absolute atomic E-state index is 0.654. The molecule has 0 heterocycles. The Hall–Kier alpha value is 0.310. The molecule has 0 aromatic rings. The first-order valence-electron chi connectivity index (χ1n) is 6.04. The second kappa shape index (κ2) is 12.4. The highest BCUT2D eigenvalue weighted by molar-refractivity contribution is 7.41. The Morgan fingerprint density at radius 3 is 1.87 bits per heavy atom. The van der Waals surface area contributed by atoms with Gasteiger partial charge in [0.25, 0.3) is 0 Å². The summed E-state index contributed by atoms with van der Waals surface area (Å²) in [6, 6.07) is 0. The van der Waals surface area contributed by atoms with Gasteiger partial charge in [-0.05, 0) is 20.3 Å². The third kappa shape index (κ3) is 10.6. The molecular weight excluding hydrogens is 211 g/mol. The molecule has 15 heavy (non-hydrogen) atoms. The maximum atomic E-state index is 5.52. The van der Waals surface area contributed by atoms with E-state index in [0.29, 0.717) is 13.2 Å². The Bertz CT molecular complexity index is 116. The summed E-state index contributed by atoms with van der Waals surface area (Å²) < 4.78 is 16.2. The van der Waals surface area contributed by atoms with Crippen LogP contribution in [0.25, 0.3) is 0 Å². The van der Waals surface area contributed by atoms with Crippen molar-refractivity contribution in [3.8, 4) is 0 Å². The van der Waals surface area contributed by atoms with Crippen molar-refractivity contribution in [2.75, 3.05) is 19.8 Å². The van der Waals surface area contributed by atoms with E-state index in [9.17, 15) is 0 Å². The van der Waals surface area contributed by atoms with E-state index >= 15 is 0 Å². The standard InChI is InChI=1S/C11H25O3P/c1-4-7-8-9-10-11-14-15(12-5-2)13-6-3/h4-11H2,1-3H3. The molecule has 0 atom stereocenters. The molecule has 0 aliphatic carbocycles. The number of hydrogen-bond acceptors (Lipinski definition) is 3. The monoisotopic (exact) mass is 236 g/mol. The second-order valence-electron chi connectivity index (χ2n) is 3.31. The molecule has 0 saturated heterocycles. The lowest BCUT2D eigenvalue weighted by Gasteiger charge is -2.14. The first kappa shape index (κ1) is 15.3. The maximum Gasteiger partial charge on any atom is 0.332 e. The first-order valence-corrected chi connectivity index (χ1v) is 7.13. The largest absolute Gasteiger partial charge is 0.332 e. The van der Waals surface area contributed by atoms with E-state index in [1.807, 2.05) is 13.8 Å². The molecule has 4 heteroatoms. The molecule has 0 spiro atoms. The quantitative estimate of drug-likeness (QED) is 0.396. The molecule has 0 rings (SSSR count). The first-order chi connectivity index (χ1) is 7.35. The summed E-state index contributed by atoms with van der Waals surface area (Å²) in [5.74, 6) is 0. The Labute approximate surface area is 95.5 Å². The number of unbranched alkanes of at least 4 members (excludes halogenated alkanes) is 4. The normalized spacial score (nSPS) is 11.2. The molecule has 0 saturated carbocycles. The van der Waals surface area contributed by atoms with Crippen molar-refractivity contribution in [2.24, 2.45) is 0 Å². The fourth-order valence-corrected chi connectivity index (χ4v) is 2.09. The van der Waals surface area contributed by atoms with Gasteiger partial charge >= 0.3 is 8.60 Å². The van der Waals surface area contributed by atoms with Crippen LogP contribution in [0.1, 0.15) is 52.9 Å². The molecule has 0 aromatic carbocycles. The van der Waals surface area contributed by atoms with Crippen molar-refractivity contribution in [1.82, 2.24) is 0 Å². The summed E-state index contributed by atoms with van der Waals surface area (Å²) >= 11 is 0.